The van der Waals surface area contributed by atoms with Crippen LogP contribution < -0.4 is 10.1 Å². The van der Waals surface area contributed by atoms with Gasteiger partial charge >= 0.3 is 0 Å². The van der Waals surface area contributed by atoms with Gasteiger partial charge in [-0.3, -0.25) is 4.79 Å². The maximum Gasteiger partial charge on any atom is 0.251 e. The first-order valence-corrected chi connectivity index (χ1v) is 8.25. The summed E-state index contributed by atoms with van der Waals surface area (Å²) < 4.78 is 7.32. The standard InChI is InChI=1S/C21H22N2O2/c1-15-13-18(16(2)23(15)19-7-5-4-6-8-19)14-22-21(24)17-9-11-20(25-3)12-10-17/h4-13H,14H2,1-3H3,(H,22,24). The van der Waals surface area contributed by atoms with Crippen LogP contribution >= 0.6 is 0 Å². The van der Waals surface area contributed by atoms with Gasteiger partial charge in [0.15, 0.2) is 0 Å². The highest BCUT2D eigenvalue weighted by Gasteiger charge is 2.12. The fourth-order valence-corrected chi connectivity index (χ4v) is 3.00. The predicted octanol–water partition coefficient (Wildman–Crippen LogP) is 4.03. The van der Waals surface area contributed by atoms with Gasteiger partial charge in [0.05, 0.1) is 7.11 Å². The molecular weight excluding hydrogens is 312 g/mol. The number of hydrogen-bond donors (Lipinski definition) is 1. The molecule has 1 aromatic heterocycles. The monoisotopic (exact) mass is 334 g/mol. The van der Waals surface area contributed by atoms with Gasteiger partial charge in [-0.05, 0) is 61.9 Å². The second kappa shape index (κ2) is 7.26. The van der Waals surface area contributed by atoms with Gasteiger partial charge in [0.25, 0.3) is 5.91 Å². The maximum atomic E-state index is 12.3. The van der Waals surface area contributed by atoms with Crippen molar-refractivity contribution in [1.29, 1.82) is 0 Å². The molecule has 0 bridgehead atoms. The van der Waals surface area contributed by atoms with Crippen molar-refractivity contribution in [3.8, 4) is 11.4 Å². The first-order chi connectivity index (χ1) is 12.1. The van der Waals surface area contributed by atoms with E-state index < -0.39 is 0 Å². The molecule has 4 nitrogen and oxygen atoms in total. The van der Waals surface area contributed by atoms with Crippen molar-refractivity contribution in [2.24, 2.45) is 0 Å². The summed E-state index contributed by atoms with van der Waals surface area (Å²) in [5.41, 5.74) is 5.15. The number of benzene rings is 2. The van der Waals surface area contributed by atoms with Gasteiger partial charge in [0, 0.05) is 29.2 Å². The van der Waals surface area contributed by atoms with Crippen LogP contribution in [0.3, 0.4) is 0 Å². The number of para-hydroxylation sites is 1. The second-order valence-electron chi connectivity index (χ2n) is 5.98. The summed E-state index contributed by atoms with van der Waals surface area (Å²) in [5.74, 6) is 0.648. The predicted molar refractivity (Wildman–Crippen MR) is 99.4 cm³/mol. The van der Waals surface area contributed by atoms with Crippen molar-refractivity contribution >= 4 is 5.91 Å². The molecule has 3 aromatic rings. The Balaban J connectivity index is 1.74. The molecule has 1 N–H and O–H groups in total. The number of rotatable bonds is 5. The number of hydrogen-bond acceptors (Lipinski definition) is 2. The van der Waals surface area contributed by atoms with E-state index in [1.807, 2.05) is 18.2 Å². The van der Waals surface area contributed by atoms with Crippen LogP contribution in [0.1, 0.15) is 27.3 Å². The lowest BCUT2D eigenvalue weighted by molar-refractivity contribution is 0.0951. The van der Waals surface area contributed by atoms with E-state index in [1.54, 1.807) is 31.4 Å². The van der Waals surface area contributed by atoms with Crippen molar-refractivity contribution in [1.82, 2.24) is 9.88 Å². The molecule has 0 saturated heterocycles. The van der Waals surface area contributed by atoms with Gasteiger partial charge in [-0.15, -0.1) is 0 Å². The average molecular weight is 334 g/mol. The topological polar surface area (TPSA) is 43.3 Å². The molecule has 2 aromatic carbocycles. The number of aryl methyl sites for hydroxylation is 1. The molecule has 0 radical (unpaired) electrons. The molecule has 4 heteroatoms. The number of nitrogens with zero attached hydrogens (tertiary/aromatic N) is 1. The molecule has 0 aliphatic carbocycles. The average Bonchev–Trinajstić information content (AvgIpc) is 2.94. The fourth-order valence-electron chi connectivity index (χ4n) is 3.00. The molecule has 0 spiro atoms. The molecule has 0 aliphatic rings. The molecule has 1 amide bonds. The summed E-state index contributed by atoms with van der Waals surface area (Å²) in [4.78, 5) is 12.3. The van der Waals surface area contributed by atoms with Crippen molar-refractivity contribution in [3.05, 3.63) is 83.2 Å². The minimum absolute atomic E-state index is 0.0906. The zero-order chi connectivity index (χ0) is 17.8. The minimum Gasteiger partial charge on any atom is -0.497 e. The third kappa shape index (κ3) is 3.58. The molecule has 0 saturated carbocycles. The zero-order valence-corrected chi connectivity index (χ0v) is 14.7. The molecule has 128 valence electrons. The number of methoxy groups -OCH3 is 1. The van der Waals surface area contributed by atoms with Crippen LogP contribution in [0.25, 0.3) is 5.69 Å². The van der Waals surface area contributed by atoms with Gasteiger partial charge in [0.2, 0.25) is 0 Å². The number of aromatic nitrogens is 1. The highest BCUT2D eigenvalue weighted by atomic mass is 16.5. The molecule has 0 fully saturated rings. The number of carbonyl (C=O) groups is 1. The Hall–Kier alpha value is -3.01. The highest BCUT2D eigenvalue weighted by molar-refractivity contribution is 5.94. The van der Waals surface area contributed by atoms with Gasteiger partial charge < -0.3 is 14.6 Å². The van der Waals surface area contributed by atoms with E-state index in [1.165, 1.54) is 0 Å². The van der Waals surface area contributed by atoms with Crippen LogP contribution in [-0.2, 0) is 6.54 Å². The number of ether oxygens (including phenoxy) is 1. The van der Waals surface area contributed by atoms with Crippen LogP contribution in [0.4, 0.5) is 0 Å². The van der Waals surface area contributed by atoms with Crippen LogP contribution in [0.15, 0.2) is 60.7 Å². The van der Waals surface area contributed by atoms with E-state index >= 15 is 0 Å². The van der Waals surface area contributed by atoms with Crippen LogP contribution in [0.2, 0.25) is 0 Å². The molecule has 0 unspecified atom stereocenters. The summed E-state index contributed by atoms with van der Waals surface area (Å²) in [6.45, 7) is 4.65. The number of carbonyl (C=O) groups excluding carboxylic acids is 1. The molecule has 3 rings (SSSR count). The Morgan fingerprint density at radius 3 is 2.36 bits per heavy atom. The highest BCUT2D eigenvalue weighted by Crippen LogP contribution is 2.20. The maximum absolute atomic E-state index is 12.3. The van der Waals surface area contributed by atoms with Gasteiger partial charge in [-0.2, -0.15) is 0 Å². The van der Waals surface area contributed by atoms with Gasteiger partial charge in [-0.25, -0.2) is 0 Å². The molecule has 1 heterocycles. The lowest BCUT2D eigenvalue weighted by Gasteiger charge is -2.10. The first kappa shape index (κ1) is 16.8. The van der Waals surface area contributed by atoms with Crippen molar-refractivity contribution in [2.75, 3.05) is 7.11 Å². The van der Waals surface area contributed by atoms with Crippen molar-refractivity contribution < 1.29 is 9.53 Å². The summed E-state index contributed by atoms with van der Waals surface area (Å²) in [5, 5.41) is 2.99. The molecule has 25 heavy (non-hydrogen) atoms. The van der Waals surface area contributed by atoms with E-state index in [9.17, 15) is 4.79 Å². The fraction of sp³-hybridized carbons (Fsp3) is 0.190. The largest absolute Gasteiger partial charge is 0.497 e. The lowest BCUT2D eigenvalue weighted by atomic mass is 10.2. The van der Waals surface area contributed by atoms with Gasteiger partial charge in [0.1, 0.15) is 5.75 Å². The van der Waals surface area contributed by atoms with E-state index in [4.69, 9.17) is 4.74 Å². The normalized spacial score (nSPS) is 10.5. The van der Waals surface area contributed by atoms with E-state index in [0.29, 0.717) is 12.1 Å². The van der Waals surface area contributed by atoms with E-state index in [-0.39, 0.29) is 5.91 Å². The SMILES string of the molecule is COc1ccc(C(=O)NCc2cc(C)n(-c3ccccc3)c2C)cc1. The van der Waals surface area contributed by atoms with E-state index in [2.05, 4.69) is 41.9 Å². The third-order valence-corrected chi connectivity index (χ3v) is 4.34. The Bertz CT molecular complexity index is 865. The molecular formula is C21H22N2O2. The smallest absolute Gasteiger partial charge is 0.251 e. The van der Waals surface area contributed by atoms with Gasteiger partial charge in [-0.1, -0.05) is 18.2 Å². The van der Waals surface area contributed by atoms with Crippen LogP contribution in [0.5, 0.6) is 5.75 Å². The summed E-state index contributed by atoms with van der Waals surface area (Å²) >= 11 is 0. The summed E-state index contributed by atoms with van der Waals surface area (Å²) in [7, 11) is 1.61. The molecule has 0 aliphatic heterocycles. The first-order valence-electron chi connectivity index (χ1n) is 8.25. The minimum atomic E-state index is -0.0906. The Labute approximate surface area is 148 Å². The van der Waals surface area contributed by atoms with Crippen molar-refractivity contribution in [2.45, 2.75) is 20.4 Å². The molecule has 0 atom stereocenters. The second-order valence-corrected chi connectivity index (χ2v) is 5.98. The number of nitrogens with one attached hydrogen (secondary N) is 1. The lowest BCUT2D eigenvalue weighted by Crippen LogP contribution is -2.23. The van der Waals surface area contributed by atoms with Crippen LogP contribution in [0, 0.1) is 13.8 Å². The summed E-state index contributed by atoms with van der Waals surface area (Å²) in [6.07, 6.45) is 0. The third-order valence-electron chi connectivity index (χ3n) is 4.34. The quantitative estimate of drug-likeness (QED) is 0.765. The zero-order valence-electron chi connectivity index (χ0n) is 14.7. The Morgan fingerprint density at radius 1 is 1.04 bits per heavy atom. The number of amides is 1. The van der Waals surface area contributed by atoms with Crippen molar-refractivity contribution in [3.63, 3.8) is 0 Å². The summed E-state index contributed by atoms with van der Waals surface area (Å²) in [6, 6.07) is 19.5. The van der Waals surface area contributed by atoms with E-state index in [0.717, 1.165) is 28.4 Å². The van der Waals surface area contributed by atoms with Crippen LogP contribution in [-0.4, -0.2) is 17.6 Å². The Kier molecular flexibility index (Phi) is 4.89. The Morgan fingerprint density at radius 2 is 1.72 bits per heavy atom.